The molecular formula is C29H36N2O5. The third kappa shape index (κ3) is 4.46. The van der Waals surface area contributed by atoms with E-state index in [0.29, 0.717) is 11.8 Å². The number of nitrogens with zero attached hydrogens (tertiary/aromatic N) is 1. The van der Waals surface area contributed by atoms with Crippen LogP contribution in [0.15, 0.2) is 30.3 Å². The van der Waals surface area contributed by atoms with Crippen molar-refractivity contribution in [3.05, 3.63) is 41.5 Å². The maximum atomic E-state index is 12.0. The second-order valence-electron chi connectivity index (χ2n) is 10.2. The molecule has 0 radical (unpaired) electrons. The number of rotatable bonds is 8. The van der Waals surface area contributed by atoms with E-state index in [1.165, 1.54) is 34.7 Å². The van der Waals surface area contributed by atoms with Gasteiger partial charge >= 0.3 is 5.97 Å². The lowest BCUT2D eigenvalue weighted by atomic mass is 9.85. The largest absolute Gasteiger partial charge is 0.493 e. The summed E-state index contributed by atoms with van der Waals surface area (Å²) in [7, 11) is 3.35. The van der Waals surface area contributed by atoms with Crippen LogP contribution in [0.3, 0.4) is 0 Å². The summed E-state index contributed by atoms with van der Waals surface area (Å²) in [5.41, 5.74) is 8.68. The first-order valence-electron chi connectivity index (χ1n) is 12.8. The highest BCUT2D eigenvalue weighted by Gasteiger charge is 2.32. The molecule has 3 aromatic rings. The Balaban J connectivity index is 1.50. The minimum Gasteiger partial charge on any atom is -0.493 e. The Morgan fingerprint density at radius 2 is 1.72 bits per heavy atom. The van der Waals surface area contributed by atoms with Crippen molar-refractivity contribution >= 4 is 27.5 Å². The molecule has 0 bridgehead atoms. The number of benzene rings is 3. The van der Waals surface area contributed by atoms with Gasteiger partial charge in [-0.1, -0.05) is 19.9 Å². The van der Waals surface area contributed by atoms with E-state index >= 15 is 0 Å². The number of hydrogen-bond donors (Lipinski definition) is 1. The number of hydrogen-bond acceptors (Lipinski definition) is 7. The van der Waals surface area contributed by atoms with Crippen LogP contribution in [0, 0.1) is 5.92 Å². The fourth-order valence-corrected chi connectivity index (χ4v) is 5.63. The molecule has 7 heteroatoms. The number of esters is 1. The first-order valence-corrected chi connectivity index (χ1v) is 12.8. The maximum absolute atomic E-state index is 12.0. The van der Waals surface area contributed by atoms with Gasteiger partial charge in [-0.15, -0.1) is 0 Å². The highest BCUT2D eigenvalue weighted by Crippen LogP contribution is 2.44. The van der Waals surface area contributed by atoms with Gasteiger partial charge in [0.2, 0.25) is 0 Å². The van der Waals surface area contributed by atoms with Crippen molar-refractivity contribution in [1.82, 2.24) is 4.90 Å². The molecule has 5 rings (SSSR count). The molecule has 2 atom stereocenters. The lowest BCUT2D eigenvalue weighted by molar-refractivity contribution is -0.147. The molecule has 1 fully saturated rings. The molecule has 3 aromatic carbocycles. The summed E-state index contributed by atoms with van der Waals surface area (Å²) < 4.78 is 22.6. The first-order chi connectivity index (χ1) is 17.4. The van der Waals surface area contributed by atoms with Gasteiger partial charge < -0.3 is 24.7 Å². The summed E-state index contributed by atoms with van der Waals surface area (Å²) in [6.45, 7) is 6.34. The van der Waals surface area contributed by atoms with E-state index in [9.17, 15) is 4.79 Å². The van der Waals surface area contributed by atoms with Gasteiger partial charge in [0.1, 0.15) is 25.0 Å². The molecule has 2 aliphatic heterocycles. The van der Waals surface area contributed by atoms with Crippen LogP contribution in [0.25, 0.3) is 21.5 Å². The van der Waals surface area contributed by atoms with Crippen molar-refractivity contribution in [1.29, 1.82) is 0 Å². The number of carbonyl (C=O) groups excluding carboxylic acids is 1. The van der Waals surface area contributed by atoms with E-state index in [1.54, 1.807) is 14.2 Å². The smallest absolute Gasteiger partial charge is 0.323 e. The molecule has 0 spiro atoms. The molecule has 2 heterocycles. The van der Waals surface area contributed by atoms with E-state index in [2.05, 4.69) is 29.2 Å². The van der Waals surface area contributed by atoms with E-state index < -0.39 is 12.0 Å². The summed E-state index contributed by atoms with van der Waals surface area (Å²) >= 11 is 0. The first kappa shape index (κ1) is 24.7. The van der Waals surface area contributed by atoms with Crippen molar-refractivity contribution in [2.24, 2.45) is 11.7 Å². The summed E-state index contributed by atoms with van der Waals surface area (Å²) in [6, 6.07) is 10.5. The lowest BCUT2D eigenvalue weighted by Crippen LogP contribution is -2.37. The SMILES string of the molecule is COc1cc2c3c(c4ccc(OCCOC(=O)[C@@H](N)C(C)C)cc4c2cc1OC)CN1CCC[C@@H]1C3. The van der Waals surface area contributed by atoms with Gasteiger partial charge in [0.25, 0.3) is 0 Å². The number of carbonyl (C=O) groups is 1. The van der Waals surface area contributed by atoms with Crippen LogP contribution < -0.4 is 19.9 Å². The van der Waals surface area contributed by atoms with Gasteiger partial charge in [0, 0.05) is 12.6 Å². The van der Waals surface area contributed by atoms with Crippen LogP contribution in [0.4, 0.5) is 0 Å². The molecule has 2 aliphatic rings. The van der Waals surface area contributed by atoms with Crippen LogP contribution in [0.5, 0.6) is 17.2 Å². The monoisotopic (exact) mass is 492 g/mol. The fourth-order valence-electron chi connectivity index (χ4n) is 5.63. The number of ether oxygens (including phenoxy) is 4. The van der Waals surface area contributed by atoms with Crippen molar-refractivity contribution in [3.63, 3.8) is 0 Å². The molecule has 0 aliphatic carbocycles. The summed E-state index contributed by atoms with van der Waals surface area (Å²) in [5, 5.41) is 4.72. The Hall–Kier alpha value is -3.03. The minimum absolute atomic E-state index is 0.0320. The third-order valence-corrected chi connectivity index (χ3v) is 7.71. The number of nitrogens with two attached hydrogens (primary N) is 1. The topological polar surface area (TPSA) is 83.2 Å². The predicted molar refractivity (Wildman–Crippen MR) is 141 cm³/mol. The Kier molecular flexibility index (Phi) is 6.95. The van der Waals surface area contributed by atoms with Gasteiger partial charge in [-0.2, -0.15) is 0 Å². The van der Waals surface area contributed by atoms with Crippen LogP contribution in [0.1, 0.15) is 37.8 Å². The zero-order valence-electron chi connectivity index (χ0n) is 21.6. The van der Waals surface area contributed by atoms with E-state index in [-0.39, 0.29) is 19.1 Å². The molecule has 0 amide bonds. The second-order valence-corrected chi connectivity index (χ2v) is 10.2. The van der Waals surface area contributed by atoms with Gasteiger partial charge in [-0.3, -0.25) is 9.69 Å². The van der Waals surface area contributed by atoms with E-state index in [0.717, 1.165) is 41.8 Å². The molecule has 1 saturated heterocycles. The number of methoxy groups -OCH3 is 2. The zero-order valence-corrected chi connectivity index (χ0v) is 21.6. The standard InChI is InChI=1S/C29H36N2O5/c1-17(2)28(30)29(32)36-11-10-35-19-7-8-20-22(13-19)24-15-27(34-4)26(33-3)14-23(24)21-12-18-6-5-9-31(18)16-25(20)21/h7-8,13-15,17-18,28H,5-6,9-12,16,30H2,1-4H3/t18-,28+/m1/s1. The average molecular weight is 493 g/mol. The van der Waals surface area contributed by atoms with Crippen molar-refractivity contribution < 1.29 is 23.7 Å². The minimum atomic E-state index is -0.620. The lowest BCUT2D eigenvalue weighted by Gasteiger charge is -2.33. The van der Waals surface area contributed by atoms with Crippen LogP contribution in [0.2, 0.25) is 0 Å². The quantitative estimate of drug-likeness (QED) is 0.283. The Morgan fingerprint density at radius 3 is 2.44 bits per heavy atom. The molecule has 7 nitrogen and oxygen atoms in total. The van der Waals surface area contributed by atoms with Crippen LogP contribution in [-0.2, 0) is 22.5 Å². The van der Waals surface area contributed by atoms with Crippen molar-refractivity contribution in [2.45, 2.75) is 51.7 Å². The summed E-state index contributed by atoms with van der Waals surface area (Å²) in [4.78, 5) is 14.6. The normalized spacial score (nSPS) is 18.2. The Bertz CT molecular complexity index is 1290. The second kappa shape index (κ2) is 10.1. The molecule has 192 valence electrons. The van der Waals surface area contributed by atoms with E-state index in [1.807, 2.05) is 19.9 Å². The highest BCUT2D eigenvalue weighted by atomic mass is 16.6. The van der Waals surface area contributed by atoms with Crippen molar-refractivity contribution in [2.75, 3.05) is 34.0 Å². The van der Waals surface area contributed by atoms with Gasteiger partial charge in [0.05, 0.1) is 14.2 Å². The summed E-state index contributed by atoms with van der Waals surface area (Å²) in [5.74, 6) is 1.83. The fraction of sp³-hybridized carbons (Fsp3) is 0.483. The molecular weight excluding hydrogens is 456 g/mol. The average Bonchev–Trinajstić information content (AvgIpc) is 3.36. The molecule has 36 heavy (non-hydrogen) atoms. The Labute approximate surface area is 212 Å². The van der Waals surface area contributed by atoms with Gasteiger partial charge in [-0.25, -0.2) is 0 Å². The molecule has 0 unspecified atom stereocenters. The van der Waals surface area contributed by atoms with Crippen LogP contribution >= 0.6 is 0 Å². The molecule has 2 N–H and O–H groups in total. The Morgan fingerprint density at radius 1 is 1.00 bits per heavy atom. The highest BCUT2D eigenvalue weighted by molar-refractivity contribution is 6.12. The third-order valence-electron chi connectivity index (χ3n) is 7.71. The van der Waals surface area contributed by atoms with Crippen LogP contribution in [-0.4, -0.2) is 56.9 Å². The van der Waals surface area contributed by atoms with E-state index in [4.69, 9.17) is 24.7 Å². The maximum Gasteiger partial charge on any atom is 0.323 e. The summed E-state index contributed by atoms with van der Waals surface area (Å²) in [6.07, 6.45) is 3.57. The van der Waals surface area contributed by atoms with Gasteiger partial charge in [0.15, 0.2) is 11.5 Å². The zero-order chi connectivity index (χ0) is 25.4. The van der Waals surface area contributed by atoms with Crippen molar-refractivity contribution in [3.8, 4) is 17.2 Å². The predicted octanol–water partition coefficient (Wildman–Crippen LogP) is 4.44. The van der Waals surface area contributed by atoms with Gasteiger partial charge in [-0.05, 0) is 88.7 Å². The molecule has 0 aromatic heterocycles. The number of fused-ring (bicyclic) bond motifs is 7. The molecule has 0 saturated carbocycles.